The van der Waals surface area contributed by atoms with Crippen LogP contribution in [0.4, 0.5) is 0 Å². The van der Waals surface area contributed by atoms with Crippen LogP contribution >= 0.6 is 0 Å². The Bertz CT molecular complexity index is 539. The van der Waals surface area contributed by atoms with E-state index in [4.69, 9.17) is 0 Å². The van der Waals surface area contributed by atoms with Crippen molar-refractivity contribution in [2.45, 2.75) is 134 Å². The summed E-state index contributed by atoms with van der Waals surface area (Å²) < 4.78 is 0. The van der Waals surface area contributed by atoms with Crippen LogP contribution in [0.25, 0.3) is 0 Å². The highest BCUT2D eigenvalue weighted by Gasteiger charge is 2.13. The maximum atomic E-state index is 2.33. The molecule has 1 aromatic rings. The van der Waals surface area contributed by atoms with Crippen molar-refractivity contribution in [3.05, 3.63) is 59.2 Å². The summed E-state index contributed by atoms with van der Waals surface area (Å²) in [6.45, 7) is 26.3. The maximum absolute atomic E-state index is 2.33. The largest absolute Gasteiger partial charge is 0.0916 e. The Labute approximate surface area is 205 Å². The van der Waals surface area contributed by atoms with Crippen LogP contribution in [-0.4, -0.2) is 0 Å². The van der Waals surface area contributed by atoms with Gasteiger partial charge >= 0.3 is 0 Å². The highest BCUT2D eigenvalue weighted by atomic mass is 14.2. The van der Waals surface area contributed by atoms with E-state index in [1.807, 2.05) is 13.8 Å². The predicted molar refractivity (Wildman–Crippen MR) is 153 cm³/mol. The topological polar surface area (TPSA) is 0 Å². The van der Waals surface area contributed by atoms with Crippen LogP contribution in [0.2, 0.25) is 0 Å². The smallest absolute Gasteiger partial charge is 0.0299 e. The minimum atomic E-state index is 0.515. The lowest BCUT2D eigenvalue weighted by Gasteiger charge is -2.21. The average molecular weight is 445 g/mol. The van der Waals surface area contributed by atoms with Gasteiger partial charge in [-0.25, -0.2) is 0 Å². The number of allylic oxidation sites excluding steroid dienone is 4. The maximum Gasteiger partial charge on any atom is -0.0299 e. The van der Waals surface area contributed by atoms with E-state index in [2.05, 4.69) is 112 Å². The van der Waals surface area contributed by atoms with Crippen molar-refractivity contribution < 1.29 is 0 Å². The second kappa shape index (κ2) is 24.3. The molecule has 0 nitrogen and oxygen atoms in total. The first kappa shape index (κ1) is 35.3. The number of aryl methyl sites for hydroxylation is 2. The van der Waals surface area contributed by atoms with Gasteiger partial charge < -0.3 is 0 Å². The molecule has 0 aliphatic heterocycles. The number of benzene rings is 1. The van der Waals surface area contributed by atoms with Crippen molar-refractivity contribution in [1.82, 2.24) is 0 Å². The quantitative estimate of drug-likeness (QED) is 0.315. The Morgan fingerprint density at radius 3 is 1.81 bits per heavy atom. The van der Waals surface area contributed by atoms with Gasteiger partial charge in [0.15, 0.2) is 0 Å². The zero-order chi connectivity index (χ0) is 25.4. The van der Waals surface area contributed by atoms with Crippen molar-refractivity contribution in [1.29, 1.82) is 0 Å². The number of hydrogen-bond donors (Lipinski definition) is 0. The summed E-state index contributed by atoms with van der Waals surface area (Å²) >= 11 is 0. The van der Waals surface area contributed by atoms with Crippen LogP contribution in [0.3, 0.4) is 0 Å². The third-order valence-electron chi connectivity index (χ3n) is 5.69. The molecule has 0 aliphatic rings. The third-order valence-corrected chi connectivity index (χ3v) is 5.69. The summed E-state index contributed by atoms with van der Waals surface area (Å²) in [5, 5.41) is 0. The van der Waals surface area contributed by atoms with Gasteiger partial charge in [-0.3, -0.25) is 0 Å². The summed E-state index contributed by atoms with van der Waals surface area (Å²) in [6, 6.07) is 6.46. The lowest BCUT2D eigenvalue weighted by Crippen LogP contribution is -2.08. The Morgan fingerprint density at radius 1 is 0.875 bits per heavy atom. The minimum absolute atomic E-state index is 0.515. The third kappa shape index (κ3) is 21.9. The van der Waals surface area contributed by atoms with Gasteiger partial charge in [0.1, 0.15) is 0 Å². The molecule has 1 unspecified atom stereocenters. The van der Waals surface area contributed by atoms with E-state index in [0.717, 1.165) is 12.3 Å². The molecule has 0 fully saturated rings. The van der Waals surface area contributed by atoms with Gasteiger partial charge in [0.2, 0.25) is 0 Å². The van der Waals surface area contributed by atoms with Gasteiger partial charge in [-0.15, -0.1) is 0 Å². The lowest BCUT2D eigenvalue weighted by molar-refractivity contribution is 0.336. The van der Waals surface area contributed by atoms with Gasteiger partial charge in [-0.1, -0.05) is 124 Å². The number of rotatable bonds is 10. The highest BCUT2D eigenvalue weighted by molar-refractivity contribution is 5.33. The zero-order valence-electron chi connectivity index (χ0n) is 24.3. The molecule has 0 amide bonds. The number of hydrogen-bond acceptors (Lipinski definition) is 0. The molecule has 1 atom stereocenters. The van der Waals surface area contributed by atoms with E-state index >= 15 is 0 Å². The molecule has 0 bridgehead atoms. The first-order chi connectivity index (χ1) is 15.2. The summed E-state index contributed by atoms with van der Waals surface area (Å²) in [5.41, 5.74) is 4.86. The van der Waals surface area contributed by atoms with Crippen molar-refractivity contribution >= 4 is 0 Å². The molecule has 0 heteroatoms. The minimum Gasteiger partial charge on any atom is -0.0916 e. The van der Waals surface area contributed by atoms with E-state index in [1.54, 1.807) is 0 Å². The van der Waals surface area contributed by atoms with Gasteiger partial charge in [-0.2, -0.15) is 0 Å². The summed E-state index contributed by atoms with van der Waals surface area (Å²) in [4.78, 5) is 0. The molecule has 188 valence electrons. The fraction of sp³-hybridized carbons (Fsp3) is 0.688. The molecular formula is C32H60. The van der Waals surface area contributed by atoms with E-state index in [-0.39, 0.29) is 0 Å². The second-order valence-electron chi connectivity index (χ2n) is 9.42. The molecule has 1 aromatic carbocycles. The monoisotopic (exact) mass is 444 g/mol. The van der Waals surface area contributed by atoms with E-state index in [9.17, 15) is 0 Å². The van der Waals surface area contributed by atoms with E-state index < -0.39 is 0 Å². The summed E-state index contributed by atoms with van der Waals surface area (Å²) in [7, 11) is 0. The fourth-order valence-electron chi connectivity index (χ4n) is 3.40. The number of unbranched alkanes of at least 4 members (excludes halogenated alkanes) is 1. The molecule has 0 aromatic heterocycles. The Kier molecular flexibility index (Phi) is 26.8. The molecule has 0 radical (unpaired) electrons. The zero-order valence-corrected chi connectivity index (χ0v) is 24.3. The Balaban J connectivity index is -0.000000379. The molecule has 0 heterocycles. The molecular weight excluding hydrogens is 384 g/mol. The standard InChI is InChI=1S/C10H14.2C10H20.C2H6/c1-4-10-8(2)6-5-7-9(10)3;1-5-7-9-10(3,4)8-6-2;1-4-6-7-8-9-10(3)5-2;1-2/h5-7H,4H2,1-3H3;5,7H,6,8-9H2,1-4H3;7-8,10H,4-6,9H2,1-3H3;1-2H3/b;7-5-;8-7-;. The Hall–Kier alpha value is -1.30. The SMILES string of the molecule is C/C=C\CC(C)(C)CCC.CC.CCC/C=C\CC(C)CC.CCc1c(C)cccc1C. The van der Waals surface area contributed by atoms with Crippen LogP contribution in [0.5, 0.6) is 0 Å². The first-order valence-electron chi connectivity index (χ1n) is 13.5. The molecule has 0 aliphatic carbocycles. The molecule has 1 rings (SSSR count). The lowest BCUT2D eigenvalue weighted by atomic mass is 9.85. The molecule has 0 N–H and O–H groups in total. The van der Waals surface area contributed by atoms with Crippen LogP contribution in [0.15, 0.2) is 42.5 Å². The van der Waals surface area contributed by atoms with Crippen LogP contribution in [0.1, 0.15) is 131 Å². The van der Waals surface area contributed by atoms with Crippen molar-refractivity contribution in [2.24, 2.45) is 11.3 Å². The van der Waals surface area contributed by atoms with Crippen molar-refractivity contribution in [3.8, 4) is 0 Å². The first-order valence-corrected chi connectivity index (χ1v) is 13.5. The van der Waals surface area contributed by atoms with Gasteiger partial charge in [0, 0.05) is 0 Å². The van der Waals surface area contributed by atoms with Crippen LogP contribution in [0, 0.1) is 25.2 Å². The van der Waals surface area contributed by atoms with Crippen LogP contribution in [-0.2, 0) is 6.42 Å². The van der Waals surface area contributed by atoms with Crippen molar-refractivity contribution in [2.75, 3.05) is 0 Å². The highest BCUT2D eigenvalue weighted by Crippen LogP contribution is 2.26. The van der Waals surface area contributed by atoms with Crippen molar-refractivity contribution in [3.63, 3.8) is 0 Å². The molecule has 0 spiro atoms. The van der Waals surface area contributed by atoms with Gasteiger partial charge in [0.05, 0.1) is 0 Å². The molecule has 32 heavy (non-hydrogen) atoms. The second-order valence-corrected chi connectivity index (χ2v) is 9.42. The van der Waals surface area contributed by atoms with E-state index in [0.29, 0.717) is 5.41 Å². The van der Waals surface area contributed by atoms with Crippen LogP contribution < -0.4 is 0 Å². The molecule has 0 saturated heterocycles. The fourth-order valence-corrected chi connectivity index (χ4v) is 3.40. The van der Waals surface area contributed by atoms with Gasteiger partial charge in [0.25, 0.3) is 0 Å². The predicted octanol–water partition coefficient (Wildman–Crippen LogP) is 11.4. The van der Waals surface area contributed by atoms with Gasteiger partial charge in [-0.05, 0) is 80.9 Å². The normalized spacial score (nSPS) is 11.8. The average Bonchev–Trinajstić information content (AvgIpc) is 2.77. The Morgan fingerprint density at radius 2 is 1.44 bits per heavy atom. The summed E-state index contributed by atoms with van der Waals surface area (Å²) in [5.74, 6) is 0.869. The summed E-state index contributed by atoms with van der Waals surface area (Å²) in [6.07, 6.45) is 19.1. The molecule has 0 saturated carbocycles. The van der Waals surface area contributed by atoms with E-state index in [1.165, 1.54) is 61.6 Å².